The zero-order valence-electron chi connectivity index (χ0n) is 9.05. The number of hydrogen-bond donors (Lipinski definition) is 1. The SMILES string of the molecule is C#CCC(C)NCc1cc(C)sc1C. The maximum absolute atomic E-state index is 5.24. The van der Waals surface area contributed by atoms with Gasteiger partial charge in [0, 0.05) is 28.8 Å². The van der Waals surface area contributed by atoms with Gasteiger partial charge in [-0.25, -0.2) is 0 Å². The zero-order valence-corrected chi connectivity index (χ0v) is 9.87. The smallest absolute Gasteiger partial charge is 0.0238 e. The fourth-order valence-corrected chi connectivity index (χ4v) is 2.34. The summed E-state index contributed by atoms with van der Waals surface area (Å²) in [6.45, 7) is 7.36. The van der Waals surface area contributed by atoms with Crippen molar-refractivity contribution in [3.63, 3.8) is 0 Å². The highest BCUT2D eigenvalue weighted by molar-refractivity contribution is 7.12. The zero-order chi connectivity index (χ0) is 10.6. The molecule has 1 unspecified atom stereocenters. The molecule has 2 heteroatoms. The van der Waals surface area contributed by atoms with E-state index in [-0.39, 0.29) is 0 Å². The molecule has 0 aliphatic rings. The lowest BCUT2D eigenvalue weighted by Gasteiger charge is -2.09. The number of nitrogens with one attached hydrogen (secondary N) is 1. The summed E-state index contributed by atoms with van der Waals surface area (Å²) < 4.78 is 0. The molecule has 1 nitrogen and oxygen atoms in total. The third-order valence-electron chi connectivity index (χ3n) is 2.21. The number of aryl methyl sites for hydroxylation is 2. The van der Waals surface area contributed by atoms with Crippen molar-refractivity contribution < 1.29 is 0 Å². The molecule has 1 aromatic rings. The van der Waals surface area contributed by atoms with Gasteiger partial charge in [0.2, 0.25) is 0 Å². The molecule has 0 aliphatic heterocycles. The molecule has 1 N–H and O–H groups in total. The molecular formula is C12H17NS. The van der Waals surface area contributed by atoms with E-state index in [1.165, 1.54) is 15.3 Å². The van der Waals surface area contributed by atoms with Gasteiger partial charge in [-0.2, -0.15) is 0 Å². The Bertz CT molecular complexity index is 333. The van der Waals surface area contributed by atoms with Crippen molar-refractivity contribution in [2.75, 3.05) is 0 Å². The van der Waals surface area contributed by atoms with Gasteiger partial charge in [0.05, 0.1) is 0 Å². The first-order chi connectivity index (χ1) is 6.63. The highest BCUT2D eigenvalue weighted by Crippen LogP contribution is 2.20. The Balaban J connectivity index is 2.46. The van der Waals surface area contributed by atoms with Gasteiger partial charge in [0.1, 0.15) is 0 Å². The van der Waals surface area contributed by atoms with Crippen LogP contribution in [-0.2, 0) is 6.54 Å². The largest absolute Gasteiger partial charge is 0.309 e. The minimum Gasteiger partial charge on any atom is -0.309 e. The van der Waals surface area contributed by atoms with Crippen LogP contribution in [0.2, 0.25) is 0 Å². The fraction of sp³-hybridized carbons (Fsp3) is 0.500. The van der Waals surface area contributed by atoms with E-state index >= 15 is 0 Å². The van der Waals surface area contributed by atoms with Crippen molar-refractivity contribution in [3.05, 3.63) is 21.4 Å². The summed E-state index contributed by atoms with van der Waals surface area (Å²) >= 11 is 1.85. The third-order valence-corrected chi connectivity index (χ3v) is 3.22. The molecule has 0 aromatic carbocycles. The van der Waals surface area contributed by atoms with Crippen LogP contribution in [0.25, 0.3) is 0 Å². The topological polar surface area (TPSA) is 12.0 Å². The molecule has 1 rings (SSSR count). The summed E-state index contributed by atoms with van der Waals surface area (Å²) in [4.78, 5) is 2.78. The molecule has 0 bridgehead atoms. The van der Waals surface area contributed by atoms with Crippen molar-refractivity contribution in [1.82, 2.24) is 5.32 Å². The van der Waals surface area contributed by atoms with E-state index in [1.54, 1.807) is 0 Å². The summed E-state index contributed by atoms with van der Waals surface area (Å²) in [6.07, 6.45) is 6.04. The summed E-state index contributed by atoms with van der Waals surface area (Å²) in [5.74, 6) is 2.66. The van der Waals surface area contributed by atoms with E-state index in [2.05, 4.69) is 38.1 Å². The van der Waals surface area contributed by atoms with E-state index in [0.717, 1.165) is 13.0 Å². The van der Waals surface area contributed by atoms with Crippen LogP contribution in [0.4, 0.5) is 0 Å². The predicted octanol–water partition coefficient (Wildman–Crippen LogP) is 2.87. The molecule has 0 fully saturated rings. The van der Waals surface area contributed by atoms with Crippen molar-refractivity contribution in [2.45, 2.75) is 39.8 Å². The predicted molar refractivity (Wildman–Crippen MR) is 63.5 cm³/mol. The highest BCUT2D eigenvalue weighted by atomic mass is 32.1. The molecule has 0 aliphatic carbocycles. The lowest BCUT2D eigenvalue weighted by atomic mass is 10.2. The molecule has 0 spiro atoms. The van der Waals surface area contributed by atoms with Crippen molar-refractivity contribution in [3.8, 4) is 12.3 Å². The first-order valence-electron chi connectivity index (χ1n) is 4.86. The van der Waals surface area contributed by atoms with E-state index in [9.17, 15) is 0 Å². The average molecular weight is 207 g/mol. The Kier molecular flexibility index (Phi) is 4.19. The summed E-state index contributed by atoms with van der Waals surface area (Å²) in [6, 6.07) is 2.65. The monoisotopic (exact) mass is 207 g/mol. The molecule has 0 saturated carbocycles. The van der Waals surface area contributed by atoms with Crippen molar-refractivity contribution in [1.29, 1.82) is 0 Å². The number of terminal acetylenes is 1. The van der Waals surface area contributed by atoms with Crippen molar-refractivity contribution in [2.24, 2.45) is 0 Å². The van der Waals surface area contributed by atoms with Crippen LogP contribution >= 0.6 is 11.3 Å². The third kappa shape index (κ3) is 3.17. The van der Waals surface area contributed by atoms with Gasteiger partial charge in [-0.3, -0.25) is 0 Å². The quantitative estimate of drug-likeness (QED) is 0.749. The van der Waals surface area contributed by atoms with E-state index in [4.69, 9.17) is 6.42 Å². The highest BCUT2D eigenvalue weighted by Gasteiger charge is 2.04. The first-order valence-corrected chi connectivity index (χ1v) is 5.68. The Morgan fingerprint density at radius 2 is 2.29 bits per heavy atom. The van der Waals surface area contributed by atoms with E-state index in [0.29, 0.717) is 6.04 Å². The fourth-order valence-electron chi connectivity index (χ4n) is 1.39. The van der Waals surface area contributed by atoms with Crippen LogP contribution in [0.15, 0.2) is 6.07 Å². The molecule has 1 atom stereocenters. The second-order valence-electron chi connectivity index (χ2n) is 3.63. The average Bonchev–Trinajstić information content (AvgIpc) is 2.42. The number of thiophene rings is 1. The van der Waals surface area contributed by atoms with Gasteiger partial charge in [-0.15, -0.1) is 23.7 Å². The molecular weight excluding hydrogens is 190 g/mol. The first kappa shape index (κ1) is 11.3. The van der Waals surface area contributed by atoms with Crippen LogP contribution in [0.3, 0.4) is 0 Å². The molecule has 0 saturated heterocycles. The lowest BCUT2D eigenvalue weighted by Crippen LogP contribution is -2.24. The van der Waals surface area contributed by atoms with Gasteiger partial charge in [0.15, 0.2) is 0 Å². The molecule has 1 heterocycles. The van der Waals surface area contributed by atoms with Gasteiger partial charge >= 0.3 is 0 Å². The van der Waals surface area contributed by atoms with Crippen LogP contribution < -0.4 is 5.32 Å². The molecule has 0 radical (unpaired) electrons. The lowest BCUT2D eigenvalue weighted by molar-refractivity contribution is 0.559. The maximum Gasteiger partial charge on any atom is 0.0238 e. The minimum absolute atomic E-state index is 0.402. The molecule has 1 aromatic heterocycles. The second-order valence-corrected chi connectivity index (χ2v) is 5.09. The Morgan fingerprint density at radius 3 is 2.79 bits per heavy atom. The number of hydrogen-bond acceptors (Lipinski definition) is 2. The summed E-state index contributed by atoms with van der Waals surface area (Å²) in [5, 5.41) is 3.42. The minimum atomic E-state index is 0.402. The molecule has 14 heavy (non-hydrogen) atoms. The summed E-state index contributed by atoms with van der Waals surface area (Å²) in [5.41, 5.74) is 1.40. The maximum atomic E-state index is 5.24. The van der Waals surface area contributed by atoms with Gasteiger partial charge in [-0.1, -0.05) is 0 Å². The summed E-state index contributed by atoms with van der Waals surface area (Å²) in [7, 11) is 0. The van der Waals surface area contributed by atoms with Gasteiger partial charge in [0.25, 0.3) is 0 Å². The van der Waals surface area contributed by atoms with Gasteiger partial charge in [-0.05, 0) is 32.4 Å². The van der Waals surface area contributed by atoms with Crippen molar-refractivity contribution >= 4 is 11.3 Å². The van der Waals surface area contributed by atoms with Crippen LogP contribution in [0.1, 0.15) is 28.7 Å². The Labute approximate surface area is 90.5 Å². The Hall–Kier alpha value is -0.780. The van der Waals surface area contributed by atoms with Crippen LogP contribution in [-0.4, -0.2) is 6.04 Å². The van der Waals surface area contributed by atoms with Crippen LogP contribution in [0, 0.1) is 26.2 Å². The van der Waals surface area contributed by atoms with Gasteiger partial charge < -0.3 is 5.32 Å². The van der Waals surface area contributed by atoms with E-state index < -0.39 is 0 Å². The standard InChI is InChI=1S/C12H17NS/c1-5-6-9(2)13-8-12-7-10(3)14-11(12)4/h1,7,9,13H,6,8H2,2-4H3. The van der Waals surface area contributed by atoms with Crippen LogP contribution in [0.5, 0.6) is 0 Å². The molecule has 0 amide bonds. The normalized spacial score (nSPS) is 12.4. The van der Waals surface area contributed by atoms with E-state index in [1.807, 2.05) is 11.3 Å². The molecule has 76 valence electrons. The second kappa shape index (κ2) is 5.19. The Morgan fingerprint density at radius 1 is 1.57 bits per heavy atom. The number of rotatable bonds is 4.